The van der Waals surface area contributed by atoms with Gasteiger partial charge in [0.05, 0.1) is 31.4 Å². The number of hydrogen-bond donors (Lipinski definition) is 1. The van der Waals surface area contributed by atoms with Crippen molar-refractivity contribution >= 4 is 17.5 Å². The van der Waals surface area contributed by atoms with Crippen LogP contribution in [0.3, 0.4) is 0 Å². The number of nitrogens with one attached hydrogen (secondary N) is 1. The molecule has 0 saturated carbocycles. The zero-order valence-electron chi connectivity index (χ0n) is 16.0. The Morgan fingerprint density at radius 2 is 2.00 bits per heavy atom. The monoisotopic (exact) mass is 436 g/mol. The molecule has 2 aromatic carbocycles. The highest BCUT2D eigenvalue weighted by Gasteiger charge is 2.30. The van der Waals surface area contributed by atoms with E-state index in [1.807, 2.05) is 17.0 Å². The van der Waals surface area contributed by atoms with Crippen molar-refractivity contribution in [1.29, 1.82) is 0 Å². The number of nitrogens with zero attached hydrogens (tertiary/aromatic N) is 1. The van der Waals surface area contributed by atoms with Gasteiger partial charge in [0, 0.05) is 23.7 Å². The lowest BCUT2D eigenvalue weighted by molar-refractivity contribution is -0.137. The molecular formula is C22H20ClF3N2O2. The molecule has 0 aliphatic carbocycles. The molecule has 1 atom stereocenters. The van der Waals surface area contributed by atoms with Crippen molar-refractivity contribution in [3.63, 3.8) is 0 Å². The number of halogens is 4. The van der Waals surface area contributed by atoms with E-state index in [4.69, 9.17) is 16.3 Å². The molecule has 1 aliphatic rings. The van der Waals surface area contributed by atoms with E-state index < -0.39 is 11.7 Å². The largest absolute Gasteiger partial charge is 0.416 e. The second kappa shape index (κ2) is 9.98. The second-order valence-electron chi connectivity index (χ2n) is 6.80. The Morgan fingerprint density at radius 3 is 2.73 bits per heavy atom. The summed E-state index contributed by atoms with van der Waals surface area (Å²) in [4.78, 5) is 14.2. The van der Waals surface area contributed by atoms with Crippen LogP contribution in [0.1, 0.15) is 22.8 Å². The van der Waals surface area contributed by atoms with Gasteiger partial charge in [-0.15, -0.1) is 0 Å². The number of carbonyl (C=O) groups excluding carboxylic acids is 1. The number of benzene rings is 2. The summed E-state index contributed by atoms with van der Waals surface area (Å²) in [7, 11) is 0. The lowest BCUT2D eigenvalue weighted by Crippen LogP contribution is -2.44. The molecule has 0 bridgehead atoms. The summed E-state index contributed by atoms with van der Waals surface area (Å²) in [6, 6.07) is 12.2. The van der Waals surface area contributed by atoms with Crippen molar-refractivity contribution in [1.82, 2.24) is 10.2 Å². The van der Waals surface area contributed by atoms with Crippen molar-refractivity contribution in [3.8, 4) is 11.8 Å². The van der Waals surface area contributed by atoms with Crippen molar-refractivity contribution in [3.05, 3.63) is 70.2 Å². The zero-order chi connectivity index (χ0) is 21.6. The van der Waals surface area contributed by atoms with Crippen LogP contribution < -0.4 is 5.32 Å². The highest BCUT2D eigenvalue weighted by Crippen LogP contribution is 2.29. The van der Waals surface area contributed by atoms with Gasteiger partial charge in [0.2, 0.25) is 5.91 Å². The third-order valence-corrected chi connectivity index (χ3v) is 4.81. The van der Waals surface area contributed by atoms with Gasteiger partial charge in [0.1, 0.15) is 0 Å². The molecule has 1 amide bonds. The zero-order valence-corrected chi connectivity index (χ0v) is 16.8. The first kappa shape index (κ1) is 22.2. The number of amides is 1. The van der Waals surface area contributed by atoms with Crippen molar-refractivity contribution in [2.24, 2.45) is 0 Å². The number of morpholine rings is 1. The Labute approximate surface area is 178 Å². The fourth-order valence-corrected chi connectivity index (χ4v) is 3.17. The number of rotatable bonds is 4. The standard InChI is InChI=1S/C22H20ClF3N2O2/c23-19-8-6-17(7-9-19)20-14-28(11-12-30-20)15-21(29)27-10-2-4-16-3-1-5-18(13-16)22(24,25)26/h1,3,5-9,13,20H,10-12,14-15H2,(H,27,29). The van der Waals surface area contributed by atoms with Crippen LogP contribution in [-0.4, -0.2) is 43.6 Å². The Hall–Kier alpha value is -2.53. The molecule has 158 valence electrons. The minimum atomic E-state index is -4.41. The topological polar surface area (TPSA) is 41.6 Å². The van der Waals surface area contributed by atoms with Crippen LogP contribution in [0.5, 0.6) is 0 Å². The molecule has 1 aliphatic heterocycles. The number of alkyl halides is 3. The van der Waals surface area contributed by atoms with Gasteiger partial charge < -0.3 is 10.1 Å². The molecule has 4 nitrogen and oxygen atoms in total. The molecule has 30 heavy (non-hydrogen) atoms. The SMILES string of the molecule is O=C(CN1CCOC(c2ccc(Cl)cc2)C1)NCC#Cc1cccc(C(F)(F)F)c1. The summed E-state index contributed by atoms with van der Waals surface area (Å²) < 4.78 is 43.9. The Morgan fingerprint density at radius 1 is 1.23 bits per heavy atom. The Kier molecular flexibility index (Phi) is 7.38. The highest BCUT2D eigenvalue weighted by molar-refractivity contribution is 6.30. The number of carbonyl (C=O) groups is 1. The lowest BCUT2D eigenvalue weighted by atomic mass is 10.1. The molecule has 0 spiro atoms. The van der Waals surface area contributed by atoms with E-state index in [9.17, 15) is 18.0 Å². The summed E-state index contributed by atoms with van der Waals surface area (Å²) in [6.07, 6.45) is -4.54. The first-order valence-corrected chi connectivity index (χ1v) is 9.71. The van der Waals surface area contributed by atoms with Gasteiger partial charge in [0.15, 0.2) is 0 Å². The third-order valence-electron chi connectivity index (χ3n) is 4.56. The van der Waals surface area contributed by atoms with E-state index in [-0.39, 0.29) is 30.7 Å². The maximum absolute atomic E-state index is 12.7. The molecule has 8 heteroatoms. The van der Waals surface area contributed by atoms with E-state index in [2.05, 4.69) is 17.2 Å². The van der Waals surface area contributed by atoms with Crippen molar-refractivity contribution in [2.75, 3.05) is 32.8 Å². The molecular weight excluding hydrogens is 417 g/mol. The minimum absolute atomic E-state index is 0.0556. The summed E-state index contributed by atoms with van der Waals surface area (Å²) in [5.41, 5.74) is 0.496. The maximum atomic E-state index is 12.7. The van der Waals surface area contributed by atoms with Crippen molar-refractivity contribution in [2.45, 2.75) is 12.3 Å². The van der Waals surface area contributed by atoms with Gasteiger partial charge in [-0.05, 0) is 35.9 Å². The van der Waals surface area contributed by atoms with Crippen molar-refractivity contribution < 1.29 is 22.7 Å². The van der Waals surface area contributed by atoms with Crippen LogP contribution >= 0.6 is 11.6 Å². The predicted molar refractivity (Wildman–Crippen MR) is 108 cm³/mol. The number of hydrogen-bond acceptors (Lipinski definition) is 3. The number of ether oxygens (including phenoxy) is 1. The molecule has 2 aromatic rings. The predicted octanol–water partition coefficient (Wildman–Crippen LogP) is 3.90. The molecule has 0 aromatic heterocycles. The van der Waals surface area contributed by atoms with Gasteiger partial charge in [0.25, 0.3) is 0 Å². The van der Waals surface area contributed by atoms with Crippen LogP contribution in [0.25, 0.3) is 0 Å². The smallest absolute Gasteiger partial charge is 0.371 e. The summed E-state index contributed by atoms with van der Waals surface area (Å²) in [6.45, 7) is 1.97. The quantitative estimate of drug-likeness (QED) is 0.739. The second-order valence-corrected chi connectivity index (χ2v) is 7.24. The van der Waals surface area contributed by atoms with Gasteiger partial charge in [-0.1, -0.05) is 41.6 Å². The summed E-state index contributed by atoms with van der Waals surface area (Å²) >= 11 is 5.91. The molecule has 1 fully saturated rings. The fourth-order valence-electron chi connectivity index (χ4n) is 3.05. The molecule has 0 radical (unpaired) electrons. The molecule has 1 heterocycles. The molecule has 1 unspecified atom stereocenters. The van der Waals surface area contributed by atoms with Gasteiger partial charge in [-0.3, -0.25) is 9.69 Å². The van der Waals surface area contributed by atoms with E-state index in [0.29, 0.717) is 24.7 Å². The van der Waals surface area contributed by atoms with Crippen LogP contribution in [0, 0.1) is 11.8 Å². The van der Waals surface area contributed by atoms with Crippen LogP contribution in [0.2, 0.25) is 5.02 Å². The van der Waals surface area contributed by atoms with Gasteiger partial charge in [-0.25, -0.2) is 0 Å². The molecule has 1 N–H and O–H groups in total. The first-order chi connectivity index (χ1) is 14.3. The van der Waals surface area contributed by atoms with Crippen LogP contribution in [0.15, 0.2) is 48.5 Å². The molecule has 3 rings (SSSR count). The fraction of sp³-hybridized carbons (Fsp3) is 0.318. The van der Waals surface area contributed by atoms with E-state index in [0.717, 1.165) is 17.7 Å². The summed E-state index contributed by atoms with van der Waals surface area (Å²) in [5.74, 6) is 5.12. The van der Waals surface area contributed by atoms with E-state index in [1.54, 1.807) is 12.1 Å². The lowest BCUT2D eigenvalue weighted by Gasteiger charge is -2.32. The average molecular weight is 437 g/mol. The van der Waals surface area contributed by atoms with E-state index >= 15 is 0 Å². The van der Waals surface area contributed by atoms with Crippen LogP contribution in [0.4, 0.5) is 13.2 Å². The van der Waals surface area contributed by atoms with Gasteiger partial charge in [-0.2, -0.15) is 13.2 Å². The normalized spacial score (nSPS) is 17.1. The maximum Gasteiger partial charge on any atom is 0.416 e. The average Bonchev–Trinajstić information content (AvgIpc) is 2.71. The third kappa shape index (κ3) is 6.49. The van der Waals surface area contributed by atoms with Gasteiger partial charge >= 0.3 is 6.18 Å². The van der Waals surface area contributed by atoms with E-state index in [1.165, 1.54) is 12.1 Å². The first-order valence-electron chi connectivity index (χ1n) is 9.33. The minimum Gasteiger partial charge on any atom is -0.371 e. The summed E-state index contributed by atoms with van der Waals surface area (Å²) in [5, 5.41) is 3.32. The Bertz CT molecular complexity index is 936. The van der Waals surface area contributed by atoms with Crippen LogP contribution in [-0.2, 0) is 15.7 Å². The Balaban J connectivity index is 1.47. The molecule has 1 saturated heterocycles. The highest BCUT2D eigenvalue weighted by atomic mass is 35.5.